The number of pyridine rings is 1. The second-order valence-electron chi connectivity index (χ2n) is 6.20. The molecule has 0 fully saturated rings. The molecule has 0 saturated carbocycles. The van der Waals surface area contributed by atoms with Crippen molar-refractivity contribution in [1.82, 2.24) is 19.7 Å². The van der Waals surface area contributed by atoms with Gasteiger partial charge in [-0.1, -0.05) is 36.5 Å². The fourth-order valence-electron chi connectivity index (χ4n) is 2.94. The molecule has 3 heterocycles. The van der Waals surface area contributed by atoms with Crippen LogP contribution in [0.1, 0.15) is 28.7 Å². The van der Waals surface area contributed by atoms with Gasteiger partial charge >= 0.3 is 0 Å². The van der Waals surface area contributed by atoms with E-state index in [9.17, 15) is 4.79 Å². The number of hydrogen-bond donors (Lipinski definition) is 0. The first kappa shape index (κ1) is 17.4. The topological polar surface area (TPSA) is 63.9 Å². The van der Waals surface area contributed by atoms with E-state index < -0.39 is 0 Å². The number of para-hydroxylation sites is 1. The summed E-state index contributed by atoms with van der Waals surface area (Å²) in [6.07, 6.45) is 4.39. The van der Waals surface area contributed by atoms with Crippen molar-refractivity contribution in [2.45, 2.75) is 19.9 Å². The fourth-order valence-corrected chi connectivity index (χ4v) is 3.95. The Morgan fingerprint density at radius 2 is 2.07 bits per heavy atom. The summed E-state index contributed by atoms with van der Waals surface area (Å²) in [5.41, 5.74) is 3.33. The van der Waals surface area contributed by atoms with Crippen molar-refractivity contribution in [3.63, 3.8) is 0 Å². The van der Waals surface area contributed by atoms with Crippen LogP contribution in [-0.2, 0) is 20.0 Å². The molecular formula is C20H19N5OS. The van der Waals surface area contributed by atoms with E-state index in [1.165, 1.54) is 16.9 Å². The number of thiazole rings is 1. The van der Waals surface area contributed by atoms with Crippen LogP contribution >= 0.6 is 11.3 Å². The number of aryl methyl sites for hydroxylation is 2. The molecule has 7 heteroatoms. The number of nitrogens with zero attached hydrogens (tertiary/aromatic N) is 5. The third kappa shape index (κ3) is 3.46. The summed E-state index contributed by atoms with van der Waals surface area (Å²) in [5, 5.41) is 4.93. The number of carbonyl (C=O) groups excluding carboxylic acids is 1. The zero-order valence-corrected chi connectivity index (χ0v) is 16.0. The van der Waals surface area contributed by atoms with Crippen molar-refractivity contribution >= 4 is 32.6 Å². The lowest BCUT2D eigenvalue weighted by Gasteiger charge is -2.18. The van der Waals surface area contributed by atoms with Crippen LogP contribution in [0.25, 0.3) is 10.2 Å². The Labute approximate surface area is 161 Å². The van der Waals surface area contributed by atoms with Crippen LogP contribution in [0.4, 0.5) is 5.13 Å². The molecule has 0 unspecified atom stereocenters. The highest BCUT2D eigenvalue weighted by molar-refractivity contribution is 7.22. The van der Waals surface area contributed by atoms with E-state index in [0.717, 1.165) is 22.3 Å². The number of amides is 1. The van der Waals surface area contributed by atoms with Crippen molar-refractivity contribution in [3.05, 3.63) is 71.8 Å². The summed E-state index contributed by atoms with van der Waals surface area (Å²) in [5.74, 6) is -0.182. The first-order chi connectivity index (χ1) is 13.2. The van der Waals surface area contributed by atoms with Crippen LogP contribution < -0.4 is 4.90 Å². The van der Waals surface area contributed by atoms with Crippen molar-refractivity contribution in [2.75, 3.05) is 4.90 Å². The lowest BCUT2D eigenvalue weighted by Crippen LogP contribution is -2.31. The Morgan fingerprint density at radius 3 is 2.78 bits per heavy atom. The Kier molecular flexibility index (Phi) is 4.68. The van der Waals surface area contributed by atoms with Gasteiger partial charge in [-0.2, -0.15) is 5.10 Å². The molecule has 0 saturated heterocycles. The minimum Gasteiger partial charge on any atom is -0.276 e. The van der Waals surface area contributed by atoms with E-state index in [0.29, 0.717) is 17.4 Å². The molecule has 4 rings (SSSR count). The molecule has 27 heavy (non-hydrogen) atoms. The van der Waals surface area contributed by atoms with E-state index in [1.807, 2.05) is 30.3 Å². The Balaban J connectivity index is 1.78. The standard InChI is InChI=1S/C20H19N5OS/c1-3-14-7-6-9-17-18(14)22-20(27-17)25(13-15-8-4-5-11-21-15)19(26)16-10-12-24(2)23-16/h4-12H,3,13H2,1-2H3. The van der Waals surface area contributed by atoms with Gasteiger partial charge in [0.2, 0.25) is 0 Å². The molecule has 0 spiro atoms. The normalized spacial score (nSPS) is 11.0. The van der Waals surface area contributed by atoms with Crippen molar-refractivity contribution in [2.24, 2.45) is 7.05 Å². The molecular weight excluding hydrogens is 358 g/mol. The fraction of sp³-hybridized carbons (Fsp3) is 0.200. The maximum atomic E-state index is 13.2. The van der Waals surface area contributed by atoms with Gasteiger partial charge in [0.05, 0.1) is 22.5 Å². The van der Waals surface area contributed by atoms with Crippen molar-refractivity contribution in [1.29, 1.82) is 0 Å². The molecule has 0 N–H and O–H groups in total. The van der Waals surface area contributed by atoms with Gasteiger partial charge in [0, 0.05) is 19.4 Å². The van der Waals surface area contributed by atoms with E-state index in [-0.39, 0.29) is 5.91 Å². The average molecular weight is 377 g/mol. The van der Waals surface area contributed by atoms with E-state index in [2.05, 4.69) is 23.1 Å². The van der Waals surface area contributed by atoms with Crippen molar-refractivity contribution < 1.29 is 4.79 Å². The Morgan fingerprint density at radius 1 is 1.19 bits per heavy atom. The van der Waals surface area contributed by atoms with Crippen LogP contribution in [0.3, 0.4) is 0 Å². The number of fused-ring (bicyclic) bond motifs is 1. The maximum Gasteiger partial charge on any atom is 0.280 e. The Hall–Kier alpha value is -3.06. The number of hydrogen-bond acceptors (Lipinski definition) is 5. The number of rotatable bonds is 5. The number of benzene rings is 1. The third-order valence-electron chi connectivity index (χ3n) is 4.33. The van der Waals surface area contributed by atoms with Crippen LogP contribution in [-0.4, -0.2) is 25.7 Å². The minimum absolute atomic E-state index is 0.182. The van der Waals surface area contributed by atoms with Crippen LogP contribution in [0.15, 0.2) is 54.9 Å². The lowest BCUT2D eigenvalue weighted by atomic mass is 10.1. The lowest BCUT2D eigenvalue weighted by molar-refractivity contribution is 0.0979. The van der Waals surface area contributed by atoms with Crippen LogP contribution in [0, 0.1) is 0 Å². The molecule has 136 valence electrons. The summed E-state index contributed by atoms with van der Waals surface area (Å²) in [6, 6.07) is 13.6. The monoisotopic (exact) mass is 377 g/mol. The van der Waals surface area contributed by atoms with Gasteiger partial charge in [-0.25, -0.2) is 4.98 Å². The van der Waals surface area contributed by atoms with E-state index in [1.54, 1.807) is 35.1 Å². The molecule has 1 amide bonds. The van der Waals surface area contributed by atoms with Gasteiger partial charge in [-0.15, -0.1) is 0 Å². The summed E-state index contributed by atoms with van der Waals surface area (Å²) < 4.78 is 2.70. The van der Waals surface area contributed by atoms with Gasteiger partial charge in [0.15, 0.2) is 10.8 Å². The summed E-state index contributed by atoms with van der Waals surface area (Å²) >= 11 is 1.52. The highest BCUT2D eigenvalue weighted by atomic mass is 32.1. The first-order valence-electron chi connectivity index (χ1n) is 8.75. The zero-order chi connectivity index (χ0) is 18.8. The van der Waals surface area contributed by atoms with Gasteiger partial charge in [0.1, 0.15) is 0 Å². The second kappa shape index (κ2) is 7.28. The predicted molar refractivity (Wildman–Crippen MR) is 107 cm³/mol. The number of anilines is 1. The third-order valence-corrected chi connectivity index (χ3v) is 5.37. The van der Waals surface area contributed by atoms with E-state index >= 15 is 0 Å². The highest BCUT2D eigenvalue weighted by Crippen LogP contribution is 2.32. The number of aromatic nitrogens is 4. The van der Waals surface area contributed by atoms with Gasteiger partial charge in [-0.05, 0) is 36.2 Å². The second-order valence-corrected chi connectivity index (χ2v) is 7.21. The SMILES string of the molecule is CCc1cccc2sc(N(Cc3ccccn3)C(=O)c3ccn(C)n3)nc12. The van der Waals surface area contributed by atoms with Gasteiger partial charge < -0.3 is 0 Å². The molecule has 0 aliphatic rings. The maximum absolute atomic E-state index is 13.2. The average Bonchev–Trinajstić information content (AvgIpc) is 3.32. The van der Waals surface area contributed by atoms with E-state index in [4.69, 9.17) is 4.98 Å². The van der Waals surface area contributed by atoms with Crippen molar-refractivity contribution in [3.8, 4) is 0 Å². The van der Waals surface area contributed by atoms with Gasteiger partial charge in [0.25, 0.3) is 5.91 Å². The molecule has 0 aliphatic carbocycles. The number of carbonyl (C=O) groups is 1. The molecule has 4 aromatic rings. The molecule has 1 aromatic carbocycles. The molecule has 3 aromatic heterocycles. The van der Waals surface area contributed by atoms with Gasteiger partial charge in [-0.3, -0.25) is 19.4 Å². The van der Waals surface area contributed by atoms with Crippen LogP contribution in [0.5, 0.6) is 0 Å². The summed E-state index contributed by atoms with van der Waals surface area (Å²) in [7, 11) is 1.80. The first-order valence-corrected chi connectivity index (χ1v) is 9.57. The smallest absolute Gasteiger partial charge is 0.276 e. The molecule has 0 atom stereocenters. The quantitative estimate of drug-likeness (QED) is 0.530. The molecule has 0 aliphatic heterocycles. The molecule has 0 bridgehead atoms. The minimum atomic E-state index is -0.182. The summed E-state index contributed by atoms with van der Waals surface area (Å²) in [4.78, 5) is 24.0. The molecule has 6 nitrogen and oxygen atoms in total. The Bertz CT molecular complexity index is 1090. The van der Waals surface area contributed by atoms with Crippen LogP contribution in [0.2, 0.25) is 0 Å². The largest absolute Gasteiger partial charge is 0.280 e. The summed E-state index contributed by atoms with van der Waals surface area (Å²) in [6.45, 7) is 2.45. The zero-order valence-electron chi connectivity index (χ0n) is 15.2. The highest BCUT2D eigenvalue weighted by Gasteiger charge is 2.24. The molecule has 0 radical (unpaired) electrons. The predicted octanol–water partition coefficient (Wildman–Crippen LogP) is 3.83.